The number of aromatic nitrogens is 2. The molecule has 2 aliphatic heterocycles. The molecule has 7 heteroatoms. The molecular formula is C19H24FN5O. The molecule has 0 radical (unpaired) electrons. The third kappa shape index (κ3) is 4.04. The summed E-state index contributed by atoms with van der Waals surface area (Å²) < 4.78 is 18.9. The van der Waals surface area contributed by atoms with Crippen LogP contribution in [0, 0.1) is 5.82 Å². The number of halogens is 1. The van der Waals surface area contributed by atoms with E-state index in [9.17, 15) is 4.39 Å². The van der Waals surface area contributed by atoms with Gasteiger partial charge in [0.2, 0.25) is 5.95 Å². The van der Waals surface area contributed by atoms with Crippen molar-refractivity contribution in [3.63, 3.8) is 0 Å². The van der Waals surface area contributed by atoms with E-state index in [1.165, 1.54) is 6.07 Å². The van der Waals surface area contributed by atoms with Crippen molar-refractivity contribution in [3.8, 4) is 0 Å². The number of ether oxygens (including phenoxy) is 1. The zero-order chi connectivity index (χ0) is 17.8. The third-order valence-electron chi connectivity index (χ3n) is 4.88. The predicted molar refractivity (Wildman–Crippen MR) is 100 cm³/mol. The zero-order valence-electron chi connectivity index (χ0n) is 14.8. The van der Waals surface area contributed by atoms with Crippen molar-refractivity contribution in [1.82, 2.24) is 9.97 Å². The maximum atomic E-state index is 13.5. The van der Waals surface area contributed by atoms with Crippen LogP contribution >= 0.6 is 0 Å². The highest BCUT2D eigenvalue weighted by atomic mass is 19.1. The van der Waals surface area contributed by atoms with Crippen LogP contribution in [0.15, 0.2) is 36.5 Å². The molecule has 0 aliphatic carbocycles. The van der Waals surface area contributed by atoms with E-state index in [1.54, 1.807) is 18.3 Å². The van der Waals surface area contributed by atoms with Gasteiger partial charge in [0.25, 0.3) is 0 Å². The summed E-state index contributed by atoms with van der Waals surface area (Å²) in [5.41, 5.74) is 0.938. The first kappa shape index (κ1) is 17.0. The van der Waals surface area contributed by atoms with Gasteiger partial charge in [-0.15, -0.1) is 0 Å². The average molecular weight is 357 g/mol. The molecule has 1 atom stereocenters. The number of benzene rings is 1. The van der Waals surface area contributed by atoms with Gasteiger partial charge in [0, 0.05) is 44.1 Å². The Morgan fingerprint density at radius 3 is 2.85 bits per heavy atom. The van der Waals surface area contributed by atoms with Gasteiger partial charge in [-0.2, -0.15) is 4.98 Å². The zero-order valence-corrected chi connectivity index (χ0v) is 14.8. The van der Waals surface area contributed by atoms with Crippen molar-refractivity contribution < 1.29 is 9.13 Å². The number of morpholine rings is 1. The van der Waals surface area contributed by atoms with Gasteiger partial charge >= 0.3 is 0 Å². The monoisotopic (exact) mass is 357 g/mol. The van der Waals surface area contributed by atoms with E-state index >= 15 is 0 Å². The molecule has 3 heterocycles. The van der Waals surface area contributed by atoms with Gasteiger partial charge in [0.1, 0.15) is 11.6 Å². The summed E-state index contributed by atoms with van der Waals surface area (Å²) in [5.74, 6) is 1.40. The first-order valence-electron chi connectivity index (χ1n) is 9.21. The molecule has 2 saturated heterocycles. The minimum atomic E-state index is -0.191. The number of nitrogens with zero attached hydrogens (tertiary/aromatic N) is 4. The van der Waals surface area contributed by atoms with E-state index in [4.69, 9.17) is 4.74 Å². The van der Waals surface area contributed by atoms with Gasteiger partial charge in [-0.25, -0.2) is 9.37 Å². The van der Waals surface area contributed by atoms with Gasteiger partial charge in [-0.3, -0.25) is 0 Å². The van der Waals surface area contributed by atoms with Crippen LogP contribution in [0.5, 0.6) is 0 Å². The smallest absolute Gasteiger partial charge is 0.227 e. The predicted octanol–water partition coefficient (Wildman–Crippen LogP) is 2.53. The van der Waals surface area contributed by atoms with Gasteiger partial charge in [0.15, 0.2) is 0 Å². The largest absolute Gasteiger partial charge is 0.378 e. The van der Waals surface area contributed by atoms with Crippen LogP contribution in [-0.4, -0.2) is 55.4 Å². The Bertz CT molecular complexity index is 737. The summed E-state index contributed by atoms with van der Waals surface area (Å²) in [4.78, 5) is 13.4. The number of rotatable bonds is 4. The molecule has 26 heavy (non-hydrogen) atoms. The lowest BCUT2D eigenvalue weighted by atomic mass is 10.0. The topological polar surface area (TPSA) is 53.5 Å². The fourth-order valence-electron chi connectivity index (χ4n) is 3.56. The molecular weight excluding hydrogens is 333 g/mol. The molecule has 0 saturated carbocycles. The average Bonchev–Trinajstić information content (AvgIpc) is 2.69. The molecule has 1 aromatic heterocycles. The van der Waals surface area contributed by atoms with Crippen LogP contribution in [0.3, 0.4) is 0 Å². The third-order valence-corrected chi connectivity index (χ3v) is 4.88. The Morgan fingerprint density at radius 2 is 2.00 bits per heavy atom. The molecule has 2 aromatic rings. The van der Waals surface area contributed by atoms with Crippen LogP contribution in [0.25, 0.3) is 0 Å². The second kappa shape index (κ2) is 7.86. The standard InChI is InChI=1S/C19H24FN5O/c20-15-3-1-5-17(13-15)25-8-2-4-16(14-25)22-18-6-7-21-19(23-18)24-9-11-26-12-10-24/h1,3,5-7,13,16H,2,4,8-12,14H2,(H,21,22,23). The van der Waals surface area contributed by atoms with Crippen molar-refractivity contribution in [2.45, 2.75) is 18.9 Å². The van der Waals surface area contributed by atoms with Crippen molar-refractivity contribution in [3.05, 3.63) is 42.3 Å². The van der Waals surface area contributed by atoms with E-state index < -0.39 is 0 Å². The quantitative estimate of drug-likeness (QED) is 0.908. The fourth-order valence-corrected chi connectivity index (χ4v) is 3.56. The van der Waals surface area contributed by atoms with Crippen molar-refractivity contribution >= 4 is 17.5 Å². The van der Waals surface area contributed by atoms with Gasteiger partial charge < -0.3 is 19.9 Å². The SMILES string of the molecule is Fc1cccc(N2CCCC(Nc3ccnc(N4CCOCC4)n3)C2)c1. The summed E-state index contributed by atoms with van der Waals surface area (Å²) in [7, 11) is 0. The lowest BCUT2D eigenvalue weighted by molar-refractivity contribution is 0.122. The van der Waals surface area contributed by atoms with Crippen LogP contribution in [0.2, 0.25) is 0 Å². The Balaban J connectivity index is 1.42. The molecule has 2 aliphatic rings. The Hall–Kier alpha value is -2.41. The first-order valence-corrected chi connectivity index (χ1v) is 9.21. The Kier molecular flexibility index (Phi) is 5.15. The second-order valence-electron chi connectivity index (χ2n) is 6.75. The van der Waals surface area contributed by atoms with Crippen molar-refractivity contribution in [1.29, 1.82) is 0 Å². The maximum Gasteiger partial charge on any atom is 0.227 e. The normalized spacial score (nSPS) is 20.9. The Labute approximate surface area is 153 Å². The molecule has 0 bridgehead atoms. The summed E-state index contributed by atoms with van der Waals surface area (Å²) in [6.07, 6.45) is 3.94. The number of piperidine rings is 1. The Morgan fingerprint density at radius 1 is 1.12 bits per heavy atom. The van der Waals surface area contributed by atoms with Crippen LogP contribution in [0.4, 0.5) is 21.8 Å². The van der Waals surface area contributed by atoms with Gasteiger partial charge in [0.05, 0.1) is 13.2 Å². The molecule has 0 amide bonds. The lowest BCUT2D eigenvalue weighted by Crippen LogP contribution is -2.42. The van der Waals surface area contributed by atoms with E-state index in [1.807, 2.05) is 12.1 Å². The number of hydrogen-bond donors (Lipinski definition) is 1. The van der Waals surface area contributed by atoms with Crippen molar-refractivity contribution in [2.24, 2.45) is 0 Å². The number of hydrogen-bond acceptors (Lipinski definition) is 6. The first-order chi connectivity index (χ1) is 12.8. The molecule has 6 nitrogen and oxygen atoms in total. The molecule has 4 rings (SSSR count). The van der Waals surface area contributed by atoms with E-state index in [0.29, 0.717) is 13.2 Å². The van der Waals surface area contributed by atoms with E-state index in [0.717, 1.165) is 56.5 Å². The summed E-state index contributed by atoms with van der Waals surface area (Å²) in [5, 5.41) is 3.53. The fraction of sp³-hybridized carbons (Fsp3) is 0.474. The highest BCUT2D eigenvalue weighted by molar-refractivity contribution is 5.48. The van der Waals surface area contributed by atoms with Crippen LogP contribution in [-0.2, 0) is 4.74 Å². The maximum absolute atomic E-state index is 13.5. The highest BCUT2D eigenvalue weighted by Crippen LogP contribution is 2.22. The lowest BCUT2D eigenvalue weighted by Gasteiger charge is -2.35. The molecule has 0 spiro atoms. The van der Waals surface area contributed by atoms with Crippen LogP contribution in [0.1, 0.15) is 12.8 Å². The molecule has 1 aromatic carbocycles. The number of nitrogens with one attached hydrogen (secondary N) is 1. The van der Waals surface area contributed by atoms with E-state index in [2.05, 4.69) is 25.1 Å². The minimum Gasteiger partial charge on any atom is -0.378 e. The van der Waals surface area contributed by atoms with Gasteiger partial charge in [-0.1, -0.05) is 6.07 Å². The summed E-state index contributed by atoms with van der Waals surface area (Å²) in [6.45, 7) is 4.85. The van der Waals surface area contributed by atoms with Crippen LogP contribution < -0.4 is 15.1 Å². The summed E-state index contributed by atoms with van der Waals surface area (Å²) >= 11 is 0. The summed E-state index contributed by atoms with van der Waals surface area (Å²) in [6, 6.07) is 9.00. The van der Waals surface area contributed by atoms with Gasteiger partial charge in [-0.05, 0) is 37.1 Å². The molecule has 138 valence electrons. The number of anilines is 3. The van der Waals surface area contributed by atoms with E-state index in [-0.39, 0.29) is 11.9 Å². The van der Waals surface area contributed by atoms with Crippen molar-refractivity contribution in [2.75, 3.05) is 54.5 Å². The molecule has 2 fully saturated rings. The highest BCUT2D eigenvalue weighted by Gasteiger charge is 2.21. The molecule has 1 unspecified atom stereocenters. The molecule has 1 N–H and O–H groups in total. The minimum absolute atomic E-state index is 0.191. The second-order valence-corrected chi connectivity index (χ2v) is 6.75.